The Bertz CT molecular complexity index is 305. The first-order valence-electron chi connectivity index (χ1n) is 5.78. The molecular weight excluding hydrogens is 200 g/mol. The summed E-state index contributed by atoms with van der Waals surface area (Å²) in [5.74, 6) is 1.49. The summed E-state index contributed by atoms with van der Waals surface area (Å²) in [7, 11) is 1.98. The van der Waals surface area contributed by atoms with Crippen LogP contribution in [0.1, 0.15) is 26.5 Å². The SMILES string of the molecule is CC(C)Cc1ccc(N(C)CC(C)N)nn1. The number of nitrogens with two attached hydrogens (primary N) is 1. The Labute approximate surface area is 97.9 Å². The minimum absolute atomic E-state index is 0.141. The summed E-state index contributed by atoms with van der Waals surface area (Å²) in [4.78, 5) is 2.02. The molecule has 0 saturated heterocycles. The standard InChI is InChI=1S/C12H22N4/c1-9(2)7-11-5-6-12(15-14-11)16(4)8-10(3)13/h5-6,9-10H,7-8,13H2,1-4H3. The normalized spacial score (nSPS) is 12.9. The van der Waals surface area contributed by atoms with Crippen molar-refractivity contribution in [2.24, 2.45) is 11.7 Å². The van der Waals surface area contributed by atoms with Crippen LogP contribution in [0, 0.1) is 5.92 Å². The van der Waals surface area contributed by atoms with E-state index < -0.39 is 0 Å². The number of hydrogen-bond acceptors (Lipinski definition) is 4. The molecule has 0 aliphatic heterocycles. The Morgan fingerprint density at radius 3 is 2.38 bits per heavy atom. The van der Waals surface area contributed by atoms with Gasteiger partial charge in [-0.3, -0.25) is 0 Å². The van der Waals surface area contributed by atoms with E-state index in [1.165, 1.54) is 0 Å². The number of hydrogen-bond donors (Lipinski definition) is 1. The van der Waals surface area contributed by atoms with E-state index in [-0.39, 0.29) is 6.04 Å². The van der Waals surface area contributed by atoms with E-state index in [2.05, 4.69) is 24.0 Å². The molecule has 0 aromatic carbocycles. The van der Waals surface area contributed by atoms with E-state index in [4.69, 9.17) is 5.73 Å². The Balaban J connectivity index is 2.63. The molecule has 1 unspecified atom stereocenters. The average molecular weight is 222 g/mol. The van der Waals surface area contributed by atoms with Crippen molar-refractivity contribution < 1.29 is 0 Å². The lowest BCUT2D eigenvalue weighted by Gasteiger charge is -2.19. The molecule has 0 aliphatic carbocycles. The zero-order valence-electron chi connectivity index (χ0n) is 10.6. The van der Waals surface area contributed by atoms with Gasteiger partial charge in [-0.25, -0.2) is 0 Å². The largest absolute Gasteiger partial charge is 0.357 e. The minimum Gasteiger partial charge on any atom is -0.357 e. The molecular formula is C12H22N4. The van der Waals surface area contributed by atoms with Crippen LogP contribution >= 0.6 is 0 Å². The number of aromatic nitrogens is 2. The van der Waals surface area contributed by atoms with Crippen molar-refractivity contribution >= 4 is 5.82 Å². The van der Waals surface area contributed by atoms with Gasteiger partial charge in [0.05, 0.1) is 5.69 Å². The smallest absolute Gasteiger partial charge is 0.151 e. The molecule has 0 radical (unpaired) electrons. The molecule has 1 aromatic heterocycles. The lowest BCUT2D eigenvalue weighted by Crippen LogP contribution is -2.33. The molecule has 1 rings (SSSR count). The highest BCUT2D eigenvalue weighted by Gasteiger charge is 2.06. The van der Waals surface area contributed by atoms with Crippen LogP contribution in [0.2, 0.25) is 0 Å². The van der Waals surface area contributed by atoms with E-state index in [1.54, 1.807) is 0 Å². The molecule has 1 heterocycles. The van der Waals surface area contributed by atoms with Crippen LogP contribution < -0.4 is 10.6 Å². The third kappa shape index (κ3) is 4.14. The fraction of sp³-hybridized carbons (Fsp3) is 0.667. The highest BCUT2D eigenvalue weighted by Crippen LogP contribution is 2.10. The molecule has 0 amide bonds. The van der Waals surface area contributed by atoms with Crippen molar-refractivity contribution in [2.45, 2.75) is 33.2 Å². The molecule has 16 heavy (non-hydrogen) atoms. The number of anilines is 1. The van der Waals surface area contributed by atoms with Crippen molar-refractivity contribution in [3.05, 3.63) is 17.8 Å². The van der Waals surface area contributed by atoms with E-state index >= 15 is 0 Å². The fourth-order valence-electron chi connectivity index (χ4n) is 1.61. The summed E-state index contributed by atoms with van der Waals surface area (Å²) in [6, 6.07) is 4.19. The van der Waals surface area contributed by atoms with Gasteiger partial charge in [-0.05, 0) is 31.4 Å². The lowest BCUT2D eigenvalue weighted by molar-refractivity contribution is 0.626. The topological polar surface area (TPSA) is 55.0 Å². The molecule has 4 nitrogen and oxygen atoms in total. The van der Waals surface area contributed by atoms with Gasteiger partial charge in [0, 0.05) is 19.6 Å². The quantitative estimate of drug-likeness (QED) is 0.819. The van der Waals surface area contributed by atoms with Gasteiger partial charge in [0.25, 0.3) is 0 Å². The van der Waals surface area contributed by atoms with E-state index in [0.717, 1.165) is 24.5 Å². The van der Waals surface area contributed by atoms with Gasteiger partial charge in [-0.2, -0.15) is 5.10 Å². The van der Waals surface area contributed by atoms with Gasteiger partial charge >= 0.3 is 0 Å². The lowest BCUT2D eigenvalue weighted by atomic mass is 10.1. The Hall–Kier alpha value is -1.16. The first-order chi connectivity index (χ1) is 7.49. The first-order valence-corrected chi connectivity index (χ1v) is 5.78. The van der Waals surface area contributed by atoms with Crippen molar-refractivity contribution in [2.75, 3.05) is 18.5 Å². The predicted octanol–water partition coefficient (Wildman–Crippen LogP) is 1.46. The van der Waals surface area contributed by atoms with Crippen LogP contribution in [0.3, 0.4) is 0 Å². The molecule has 90 valence electrons. The van der Waals surface area contributed by atoms with E-state index in [9.17, 15) is 0 Å². The highest BCUT2D eigenvalue weighted by molar-refractivity contribution is 5.36. The van der Waals surface area contributed by atoms with Crippen molar-refractivity contribution in [3.8, 4) is 0 Å². The molecule has 0 aliphatic rings. The molecule has 0 fully saturated rings. The Morgan fingerprint density at radius 2 is 1.94 bits per heavy atom. The van der Waals surface area contributed by atoms with Gasteiger partial charge in [0.15, 0.2) is 5.82 Å². The number of nitrogens with zero attached hydrogens (tertiary/aromatic N) is 3. The fourth-order valence-corrected chi connectivity index (χ4v) is 1.61. The van der Waals surface area contributed by atoms with Gasteiger partial charge in [-0.15, -0.1) is 5.10 Å². The number of rotatable bonds is 5. The van der Waals surface area contributed by atoms with Gasteiger partial charge < -0.3 is 10.6 Å². The summed E-state index contributed by atoms with van der Waals surface area (Å²) < 4.78 is 0. The highest BCUT2D eigenvalue weighted by atomic mass is 15.2. The summed E-state index contributed by atoms with van der Waals surface area (Å²) in [6.07, 6.45) is 0.976. The molecule has 1 atom stereocenters. The maximum atomic E-state index is 5.74. The monoisotopic (exact) mass is 222 g/mol. The third-order valence-electron chi connectivity index (χ3n) is 2.28. The molecule has 2 N–H and O–H groups in total. The van der Waals surface area contributed by atoms with Crippen LogP contribution in [-0.2, 0) is 6.42 Å². The Morgan fingerprint density at radius 1 is 1.25 bits per heavy atom. The van der Waals surface area contributed by atoms with E-state index in [1.807, 2.05) is 31.0 Å². The Kier molecular flexibility index (Phi) is 4.68. The maximum Gasteiger partial charge on any atom is 0.151 e. The minimum atomic E-state index is 0.141. The summed E-state index contributed by atoms with van der Waals surface area (Å²) in [5, 5.41) is 8.42. The van der Waals surface area contributed by atoms with Gasteiger partial charge in [-0.1, -0.05) is 13.8 Å². The first kappa shape index (κ1) is 12.9. The predicted molar refractivity (Wildman–Crippen MR) is 67.5 cm³/mol. The van der Waals surface area contributed by atoms with Crippen LogP contribution in [0.15, 0.2) is 12.1 Å². The molecule has 0 saturated carbocycles. The van der Waals surface area contributed by atoms with E-state index in [0.29, 0.717) is 5.92 Å². The van der Waals surface area contributed by atoms with Crippen LogP contribution in [0.25, 0.3) is 0 Å². The number of likely N-dealkylation sites (N-methyl/N-ethyl adjacent to an activating group) is 1. The zero-order valence-corrected chi connectivity index (χ0v) is 10.6. The second-order valence-corrected chi connectivity index (χ2v) is 4.84. The summed E-state index contributed by atoms with van der Waals surface area (Å²) in [6.45, 7) is 7.13. The average Bonchev–Trinajstić information content (AvgIpc) is 2.16. The zero-order chi connectivity index (χ0) is 12.1. The second kappa shape index (κ2) is 5.80. The molecule has 4 heteroatoms. The van der Waals surface area contributed by atoms with Gasteiger partial charge in [0.1, 0.15) is 0 Å². The molecule has 1 aromatic rings. The molecule has 0 bridgehead atoms. The van der Waals surface area contributed by atoms with Crippen LogP contribution in [0.4, 0.5) is 5.82 Å². The summed E-state index contributed by atoms with van der Waals surface area (Å²) >= 11 is 0. The molecule has 0 spiro atoms. The van der Waals surface area contributed by atoms with Crippen LogP contribution in [-0.4, -0.2) is 29.8 Å². The van der Waals surface area contributed by atoms with Crippen molar-refractivity contribution in [1.29, 1.82) is 0 Å². The van der Waals surface area contributed by atoms with Gasteiger partial charge in [0.2, 0.25) is 0 Å². The van der Waals surface area contributed by atoms with Crippen molar-refractivity contribution in [3.63, 3.8) is 0 Å². The summed E-state index contributed by atoms with van der Waals surface area (Å²) in [5.41, 5.74) is 6.79. The van der Waals surface area contributed by atoms with Crippen LogP contribution in [0.5, 0.6) is 0 Å². The second-order valence-electron chi connectivity index (χ2n) is 4.84. The maximum absolute atomic E-state index is 5.74. The van der Waals surface area contributed by atoms with Crippen molar-refractivity contribution in [1.82, 2.24) is 10.2 Å². The third-order valence-corrected chi connectivity index (χ3v) is 2.28.